The van der Waals surface area contributed by atoms with Crippen molar-refractivity contribution in [3.05, 3.63) is 0 Å². The molecule has 0 spiro atoms. The Balaban J connectivity index is 2.11. The van der Waals surface area contributed by atoms with Crippen molar-refractivity contribution in [2.75, 3.05) is 0 Å². The fourth-order valence-electron chi connectivity index (χ4n) is 3.58. The van der Waals surface area contributed by atoms with Gasteiger partial charge in [-0.1, -0.05) is 19.8 Å². The van der Waals surface area contributed by atoms with Crippen LogP contribution in [-0.2, 0) is 9.59 Å². The summed E-state index contributed by atoms with van der Waals surface area (Å²) in [5.74, 6) is 0.613. The molecule has 3 heteroatoms. The lowest BCUT2D eigenvalue weighted by Crippen LogP contribution is -2.43. The SMILES string of the molecule is CC1CCC(C2(C(=O)O)CCC(=O)CC2)CC1. The van der Waals surface area contributed by atoms with Gasteiger partial charge in [0.1, 0.15) is 5.78 Å². The Kier molecular flexibility index (Phi) is 3.55. The van der Waals surface area contributed by atoms with Crippen molar-refractivity contribution in [3.8, 4) is 0 Å². The van der Waals surface area contributed by atoms with Gasteiger partial charge in [-0.3, -0.25) is 9.59 Å². The van der Waals surface area contributed by atoms with Crippen LogP contribution in [0, 0.1) is 17.3 Å². The van der Waals surface area contributed by atoms with Crippen LogP contribution in [0.5, 0.6) is 0 Å². The summed E-state index contributed by atoms with van der Waals surface area (Å²) in [6.45, 7) is 2.24. The van der Waals surface area contributed by atoms with Crippen LogP contribution >= 0.6 is 0 Å². The molecule has 0 aliphatic heterocycles. The van der Waals surface area contributed by atoms with E-state index < -0.39 is 11.4 Å². The van der Waals surface area contributed by atoms with Gasteiger partial charge in [-0.15, -0.1) is 0 Å². The lowest BCUT2D eigenvalue weighted by molar-refractivity contribution is -0.157. The Labute approximate surface area is 103 Å². The molecule has 17 heavy (non-hydrogen) atoms. The summed E-state index contributed by atoms with van der Waals surface area (Å²) in [5.41, 5.74) is -0.589. The van der Waals surface area contributed by atoms with Gasteiger partial charge in [0.2, 0.25) is 0 Å². The minimum atomic E-state index is -0.662. The maximum absolute atomic E-state index is 11.7. The van der Waals surface area contributed by atoms with Crippen molar-refractivity contribution in [2.24, 2.45) is 17.3 Å². The summed E-state index contributed by atoms with van der Waals surface area (Å²) in [5, 5.41) is 9.58. The lowest BCUT2D eigenvalue weighted by atomic mass is 9.60. The molecular weight excluding hydrogens is 216 g/mol. The zero-order chi connectivity index (χ0) is 12.5. The van der Waals surface area contributed by atoms with Gasteiger partial charge >= 0.3 is 5.97 Å². The second-order valence-electron chi connectivity index (χ2n) is 5.96. The summed E-state index contributed by atoms with van der Waals surface area (Å²) in [6.07, 6.45) is 6.43. The predicted octanol–water partition coefficient (Wildman–Crippen LogP) is 3.03. The molecule has 2 aliphatic rings. The van der Waals surface area contributed by atoms with E-state index in [0.717, 1.165) is 31.6 Å². The molecular formula is C14H22O3. The first-order valence-electron chi connectivity index (χ1n) is 6.80. The van der Waals surface area contributed by atoms with Crippen LogP contribution in [0.1, 0.15) is 58.3 Å². The molecule has 0 amide bonds. The summed E-state index contributed by atoms with van der Waals surface area (Å²) >= 11 is 0. The average Bonchev–Trinajstić information content (AvgIpc) is 2.31. The zero-order valence-electron chi connectivity index (χ0n) is 10.6. The third-order valence-electron chi connectivity index (χ3n) is 4.92. The number of carboxylic acid groups (broad SMARTS) is 1. The van der Waals surface area contributed by atoms with Gasteiger partial charge in [-0.2, -0.15) is 0 Å². The topological polar surface area (TPSA) is 54.4 Å². The van der Waals surface area contributed by atoms with E-state index in [2.05, 4.69) is 6.92 Å². The smallest absolute Gasteiger partial charge is 0.309 e. The van der Waals surface area contributed by atoms with Crippen LogP contribution in [0.4, 0.5) is 0 Å². The first-order chi connectivity index (χ1) is 8.04. The summed E-state index contributed by atoms with van der Waals surface area (Å²) in [6, 6.07) is 0. The molecule has 1 N–H and O–H groups in total. The number of carbonyl (C=O) groups is 2. The number of aliphatic carboxylic acids is 1. The molecule has 96 valence electrons. The summed E-state index contributed by atoms with van der Waals surface area (Å²) in [4.78, 5) is 23.0. The van der Waals surface area contributed by atoms with Crippen LogP contribution in [0.25, 0.3) is 0 Å². The molecule has 2 fully saturated rings. The van der Waals surface area contributed by atoms with E-state index in [1.807, 2.05) is 0 Å². The van der Waals surface area contributed by atoms with Crippen LogP contribution in [0.3, 0.4) is 0 Å². The van der Waals surface area contributed by atoms with Crippen molar-refractivity contribution in [3.63, 3.8) is 0 Å². The highest BCUT2D eigenvalue weighted by atomic mass is 16.4. The Bertz CT molecular complexity index is 303. The average molecular weight is 238 g/mol. The fourth-order valence-corrected chi connectivity index (χ4v) is 3.58. The number of carboxylic acids is 1. The zero-order valence-corrected chi connectivity index (χ0v) is 10.6. The van der Waals surface area contributed by atoms with Gasteiger partial charge in [0.25, 0.3) is 0 Å². The maximum atomic E-state index is 11.7. The number of rotatable bonds is 2. The van der Waals surface area contributed by atoms with E-state index in [0.29, 0.717) is 31.6 Å². The van der Waals surface area contributed by atoms with Gasteiger partial charge in [0, 0.05) is 12.8 Å². The minimum absolute atomic E-state index is 0.242. The summed E-state index contributed by atoms with van der Waals surface area (Å²) < 4.78 is 0. The Morgan fingerprint density at radius 2 is 1.71 bits per heavy atom. The highest BCUT2D eigenvalue weighted by molar-refractivity contribution is 5.84. The second-order valence-corrected chi connectivity index (χ2v) is 5.96. The third-order valence-corrected chi connectivity index (χ3v) is 4.92. The molecule has 3 nitrogen and oxygen atoms in total. The van der Waals surface area contributed by atoms with E-state index in [1.165, 1.54) is 0 Å². The molecule has 0 heterocycles. The summed E-state index contributed by atoms with van der Waals surface area (Å²) in [7, 11) is 0. The fraction of sp³-hybridized carbons (Fsp3) is 0.857. The molecule has 0 unspecified atom stereocenters. The quantitative estimate of drug-likeness (QED) is 0.804. The van der Waals surface area contributed by atoms with E-state index in [-0.39, 0.29) is 5.78 Å². The molecule has 0 aromatic rings. The second kappa shape index (κ2) is 4.79. The molecule has 0 aromatic heterocycles. The van der Waals surface area contributed by atoms with E-state index in [4.69, 9.17) is 0 Å². The predicted molar refractivity (Wildman–Crippen MR) is 64.7 cm³/mol. The van der Waals surface area contributed by atoms with Crippen LogP contribution in [-0.4, -0.2) is 16.9 Å². The normalized spacial score (nSPS) is 33.4. The molecule has 0 bridgehead atoms. The van der Waals surface area contributed by atoms with Crippen molar-refractivity contribution in [2.45, 2.75) is 58.3 Å². The monoisotopic (exact) mass is 238 g/mol. The van der Waals surface area contributed by atoms with Crippen molar-refractivity contribution in [1.29, 1.82) is 0 Å². The van der Waals surface area contributed by atoms with Crippen LogP contribution in [0.2, 0.25) is 0 Å². The van der Waals surface area contributed by atoms with Gasteiger partial charge in [0.15, 0.2) is 0 Å². The van der Waals surface area contributed by atoms with E-state index >= 15 is 0 Å². The van der Waals surface area contributed by atoms with E-state index in [1.54, 1.807) is 0 Å². The minimum Gasteiger partial charge on any atom is -0.481 e. The Hall–Kier alpha value is -0.860. The van der Waals surface area contributed by atoms with Gasteiger partial charge < -0.3 is 5.11 Å². The molecule has 0 atom stereocenters. The highest BCUT2D eigenvalue weighted by Crippen LogP contribution is 2.48. The standard InChI is InChI=1S/C14H22O3/c1-10-2-4-11(5-3-10)14(13(16)17)8-6-12(15)7-9-14/h10-11H,2-9H2,1H3,(H,16,17). The molecule has 2 saturated carbocycles. The number of Topliss-reactive ketones (excluding diaryl/α,β-unsaturated/α-hetero) is 1. The Morgan fingerprint density at radius 1 is 1.18 bits per heavy atom. The molecule has 2 rings (SSSR count). The maximum Gasteiger partial charge on any atom is 0.309 e. The molecule has 0 saturated heterocycles. The van der Waals surface area contributed by atoms with Crippen LogP contribution < -0.4 is 0 Å². The van der Waals surface area contributed by atoms with Gasteiger partial charge in [-0.25, -0.2) is 0 Å². The highest BCUT2D eigenvalue weighted by Gasteiger charge is 2.48. The van der Waals surface area contributed by atoms with Crippen molar-refractivity contribution >= 4 is 11.8 Å². The van der Waals surface area contributed by atoms with E-state index in [9.17, 15) is 14.7 Å². The molecule has 0 radical (unpaired) electrons. The number of carbonyl (C=O) groups excluding carboxylic acids is 1. The third kappa shape index (κ3) is 2.38. The molecule has 0 aromatic carbocycles. The van der Waals surface area contributed by atoms with Crippen molar-refractivity contribution < 1.29 is 14.7 Å². The van der Waals surface area contributed by atoms with Gasteiger partial charge in [-0.05, 0) is 37.5 Å². The largest absolute Gasteiger partial charge is 0.481 e. The number of hydrogen-bond acceptors (Lipinski definition) is 2. The number of hydrogen-bond donors (Lipinski definition) is 1. The van der Waals surface area contributed by atoms with Crippen molar-refractivity contribution in [1.82, 2.24) is 0 Å². The first kappa shape index (κ1) is 12.6. The first-order valence-corrected chi connectivity index (χ1v) is 6.80. The Morgan fingerprint density at radius 3 is 2.18 bits per heavy atom. The van der Waals surface area contributed by atoms with Gasteiger partial charge in [0.05, 0.1) is 5.41 Å². The van der Waals surface area contributed by atoms with Crippen LogP contribution in [0.15, 0.2) is 0 Å². The lowest BCUT2D eigenvalue weighted by Gasteiger charge is -2.42. The number of ketones is 1. The molecule has 2 aliphatic carbocycles.